The van der Waals surface area contributed by atoms with Crippen LogP contribution in [-0.4, -0.2) is 341 Å². The number of carboxylic acids is 1. The SMILES string of the molecule is CC(CO[C@@H]1[C@@H](O)[C@H]2O[C@H]3[C@H](O)[C@@H](O)[C@@H](O[C@H]4[C@H](O)[C@@H](O)[C@@H](O[C@H]5[C@H](O)[C@@H](O)[C@@H](O[C@H]6[C@H](O)[C@@H](O)[C@@H](O[C@H]7[C@H](O)[C@@H](O)[C@@H](O[C@H]1[C@@H](CO)O2)O[C@@H]7CO)O[C@@H]6CO)O[C@@H]5CO)O[C@@H]4CO)O[C@@H]3CO)OCC(=O)O. The van der Waals surface area contributed by atoms with Crippen LogP contribution in [0, 0.1) is 0 Å². The van der Waals surface area contributed by atoms with Gasteiger partial charge >= 0.3 is 5.97 Å². The van der Waals surface area contributed by atoms with E-state index in [9.17, 15) is 91.6 Å². The van der Waals surface area contributed by atoms with E-state index in [0.29, 0.717) is 0 Å². The minimum atomic E-state index is -2.19. The first-order valence-electron chi connectivity index (χ1n) is 23.7. The number of rotatable bonds is 12. The number of aliphatic hydroxyl groups is 17. The Labute approximate surface area is 418 Å². The Hall–Kier alpha value is -1.77. The van der Waals surface area contributed by atoms with Gasteiger partial charge in [-0.05, 0) is 6.92 Å². The van der Waals surface area contributed by atoms with E-state index in [-0.39, 0.29) is 0 Å². The molecule has 22 rings (SSSR count). The molecule has 0 aliphatic carbocycles. The van der Waals surface area contributed by atoms with Crippen LogP contribution in [0.15, 0.2) is 0 Å². The summed E-state index contributed by atoms with van der Waals surface area (Å²) in [6.45, 7) is -6.07. The largest absolute Gasteiger partial charge is 0.480 e. The van der Waals surface area contributed by atoms with Crippen molar-refractivity contribution in [3.05, 3.63) is 0 Å². The maximum atomic E-state index is 11.8. The molecule has 33 nitrogen and oxygen atoms in total. The first-order valence-corrected chi connectivity index (χ1v) is 23.7. The normalized spacial score (nSPS) is 51.1. The number of hydrogen-bond acceptors (Lipinski definition) is 32. The van der Waals surface area contributed by atoms with E-state index in [2.05, 4.69) is 0 Å². The van der Waals surface area contributed by atoms with E-state index < -0.39 is 249 Å². The Bertz CT molecular complexity index is 1730. The summed E-state index contributed by atoms with van der Waals surface area (Å²) in [5, 5.41) is 197. The van der Waals surface area contributed by atoms with Gasteiger partial charge in [0.05, 0.1) is 52.4 Å². The van der Waals surface area contributed by atoms with Crippen LogP contribution >= 0.6 is 0 Å². The Morgan fingerprint density at radius 3 is 0.838 bits per heavy atom. The van der Waals surface area contributed by atoms with Gasteiger partial charge in [-0.15, -0.1) is 0 Å². The monoisotopic (exact) mass is 1090 g/mol. The standard InChI is InChI=1S/C41H68O33/c1-10(61-9-17(48)49)8-62-35-28(60)41-68-16(7-47)34(35)74-40-27(59)22(54)32(14(5-45)67-40)72-38-25(57)20(52)30(12(3-43)65-38)70-36-23(55)18(50)29(11(2-42)63-36)69-37-24(56)19(51)31(13(4-44)64-37)71-39-26(58)21(53)33(73-41)15(6-46)66-39/h10-16,18-47,50-60H,2-9H2,1H3,(H,48,49)/t10?,11-,12-,13-,14-,15-,16-,18-,19-,20-,21-,22-,23-,24-,25-,26-,27-,28-,29-,30-,31-,32-,33-,34+,35-,36-,37-,38-,39-,40-,41-/m1/s1. The van der Waals surface area contributed by atoms with Gasteiger partial charge in [-0.3, -0.25) is 0 Å². The van der Waals surface area contributed by atoms with Crippen molar-refractivity contribution in [2.24, 2.45) is 0 Å². The molecule has 0 saturated carbocycles. The average Bonchev–Trinajstić information content (AvgIpc) is 3.38. The molecule has 0 aromatic heterocycles. The van der Waals surface area contributed by atoms with Crippen LogP contribution in [0.4, 0.5) is 0 Å². The van der Waals surface area contributed by atoms with Gasteiger partial charge in [0, 0.05) is 0 Å². The highest BCUT2D eigenvalue weighted by Crippen LogP contribution is 2.38. The first-order chi connectivity index (χ1) is 35.2. The van der Waals surface area contributed by atoms with Gasteiger partial charge in [-0.1, -0.05) is 0 Å². The Morgan fingerprint density at radius 1 is 0.365 bits per heavy atom. The lowest BCUT2D eigenvalue weighted by atomic mass is 9.94. The maximum Gasteiger partial charge on any atom is 0.329 e. The summed E-state index contributed by atoms with van der Waals surface area (Å²) < 4.78 is 80.3. The number of carbonyl (C=O) groups is 1. The van der Waals surface area contributed by atoms with Crippen molar-refractivity contribution in [2.45, 2.75) is 197 Å². The van der Waals surface area contributed by atoms with Gasteiger partial charge in [-0.25, -0.2) is 4.79 Å². The van der Waals surface area contributed by atoms with E-state index in [1.54, 1.807) is 0 Å². The molecule has 0 aromatic carbocycles. The highest BCUT2D eigenvalue weighted by Gasteiger charge is 2.59. The van der Waals surface area contributed by atoms with Crippen molar-refractivity contribution < 1.29 is 163 Å². The summed E-state index contributed by atoms with van der Waals surface area (Å²) in [6, 6.07) is 0. The first kappa shape index (κ1) is 59.9. The summed E-state index contributed by atoms with van der Waals surface area (Å²) in [6.07, 6.45) is -60.0. The van der Waals surface area contributed by atoms with Crippen LogP contribution in [0.2, 0.25) is 0 Å². The van der Waals surface area contributed by atoms with Crippen molar-refractivity contribution in [1.29, 1.82) is 0 Å². The van der Waals surface area contributed by atoms with Crippen LogP contribution in [-0.2, 0) is 71.1 Å². The molecule has 33 heteroatoms. The van der Waals surface area contributed by atoms with Gasteiger partial charge in [0.2, 0.25) is 0 Å². The molecule has 74 heavy (non-hydrogen) atoms. The number of aliphatic carboxylic acids is 1. The molecule has 22 fully saturated rings. The summed E-state index contributed by atoms with van der Waals surface area (Å²) in [5.74, 6) is -1.35. The van der Waals surface area contributed by atoms with Crippen molar-refractivity contribution in [1.82, 2.24) is 0 Å². The molecule has 430 valence electrons. The lowest BCUT2D eigenvalue weighted by molar-refractivity contribution is -0.405. The smallest absolute Gasteiger partial charge is 0.329 e. The molecule has 0 amide bonds. The van der Waals surface area contributed by atoms with Crippen LogP contribution in [0.3, 0.4) is 0 Å². The van der Waals surface area contributed by atoms with Crippen LogP contribution in [0.1, 0.15) is 6.92 Å². The molecule has 22 saturated heterocycles. The predicted molar refractivity (Wildman–Crippen MR) is 223 cm³/mol. The third kappa shape index (κ3) is 12.5. The van der Waals surface area contributed by atoms with Crippen LogP contribution in [0.25, 0.3) is 0 Å². The molecule has 0 spiro atoms. The third-order valence-electron chi connectivity index (χ3n) is 13.7. The van der Waals surface area contributed by atoms with E-state index in [1.807, 2.05) is 0 Å². The fourth-order valence-corrected chi connectivity index (χ4v) is 9.61. The second kappa shape index (κ2) is 26.0. The molecule has 31 atom stereocenters. The van der Waals surface area contributed by atoms with E-state index in [1.165, 1.54) is 6.92 Å². The minimum absolute atomic E-state index is 0.527. The maximum absolute atomic E-state index is 11.8. The second-order valence-corrected chi connectivity index (χ2v) is 18.7. The van der Waals surface area contributed by atoms with Crippen LogP contribution in [0.5, 0.6) is 0 Å². The van der Waals surface area contributed by atoms with Crippen molar-refractivity contribution >= 4 is 5.97 Å². The van der Waals surface area contributed by atoms with Gasteiger partial charge < -0.3 is 158 Å². The average molecular weight is 1090 g/mol. The minimum Gasteiger partial charge on any atom is -0.480 e. The van der Waals surface area contributed by atoms with Crippen molar-refractivity contribution in [3.8, 4) is 0 Å². The van der Waals surface area contributed by atoms with Gasteiger partial charge in [0.15, 0.2) is 37.7 Å². The molecule has 18 N–H and O–H groups in total. The lowest BCUT2D eigenvalue weighted by Crippen LogP contribution is -2.69. The van der Waals surface area contributed by atoms with Crippen LogP contribution < -0.4 is 0 Å². The topological polar surface area (TPSA) is 510 Å². The summed E-state index contributed by atoms with van der Waals surface area (Å²) in [4.78, 5) is 11.2. The fraction of sp³-hybridized carbons (Fsp3) is 0.976. The number of carboxylic acid groups (broad SMARTS) is 1. The summed E-state index contributed by atoms with van der Waals surface area (Å²) in [7, 11) is 0. The lowest BCUT2D eigenvalue weighted by Gasteiger charge is -2.51. The van der Waals surface area contributed by atoms with Gasteiger partial charge in [0.1, 0.15) is 153 Å². The van der Waals surface area contributed by atoms with Gasteiger partial charge in [0.25, 0.3) is 0 Å². The Morgan fingerprint density at radius 2 is 0.595 bits per heavy atom. The molecular formula is C41H68O33. The van der Waals surface area contributed by atoms with E-state index >= 15 is 0 Å². The molecule has 0 radical (unpaired) electrons. The Kier molecular flexibility index (Phi) is 21.0. The predicted octanol–water partition coefficient (Wildman–Crippen LogP) is -12.5. The molecule has 22 aliphatic heterocycles. The number of aliphatic hydroxyl groups excluding tert-OH is 17. The number of ether oxygens (including phenoxy) is 14. The second-order valence-electron chi connectivity index (χ2n) is 18.7. The Balaban J connectivity index is 1.22. The zero-order valence-corrected chi connectivity index (χ0v) is 39.2. The molecule has 1 unspecified atom stereocenters. The van der Waals surface area contributed by atoms with Gasteiger partial charge in [-0.2, -0.15) is 0 Å². The third-order valence-corrected chi connectivity index (χ3v) is 13.7. The highest BCUT2D eigenvalue weighted by molar-refractivity contribution is 5.68. The molecule has 22 aliphatic rings. The molecule has 12 bridgehead atoms. The fourth-order valence-electron chi connectivity index (χ4n) is 9.61. The zero-order valence-electron chi connectivity index (χ0n) is 39.2. The van der Waals surface area contributed by atoms with E-state index in [0.717, 1.165) is 0 Å². The van der Waals surface area contributed by atoms with Crippen molar-refractivity contribution in [2.75, 3.05) is 52.9 Å². The zero-order chi connectivity index (χ0) is 54.0. The molecule has 0 aromatic rings. The number of hydrogen-bond donors (Lipinski definition) is 18. The molecule has 22 heterocycles. The molecular weight excluding hydrogens is 1020 g/mol. The summed E-state index contributed by atoms with van der Waals surface area (Å²) in [5.41, 5.74) is 0. The highest BCUT2D eigenvalue weighted by atomic mass is 16.8. The van der Waals surface area contributed by atoms with E-state index in [4.69, 9.17) is 71.4 Å². The quantitative estimate of drug-likeness (QED) is 0.0863. The van der Waals surface area contributed by atoms with Crippen molar-refractivity contribution in [3.63, 3.8) is 0 Å². The summed E-state index contributed by atoms with van der Waals surface area (Å²) >= 11 is 0.